The number of anilines is 2. The van der Waals surface area contributed by atoms with E-state index in [9.17, 15) is 18.5 Å². The first-order valence-electron chi connectivity index (χ1n) is 4.71. The number of aromatic nitrogens is 2. The normalized spacial score (nSPS) is 11.2. The van der Waals surface area contributed by atoms with Gasteiger partial charge in [0.15, 0.2) is 5.00 Å². The molecule has 2 heterocycles. The summed E-state index contributed by atoms with van der Waals surface area (Å²) in [6.45, 7) is 0. The van der Waals surface area contributed by atoms with Gasteiger partial charge in [0.2, 0.25) is 0 Å². The van der Waals surface area contributed by atoms with Gasteiger partial charge in [0.05, 0.1) is 23.0 Å². The Labute approximate surface area is 111 Å². The summed E-state index contributed by atoms with van der Waals surface area (Å²) in [6.07, 6.45) is 3.76. The van der Waals surface area contributed by atoms with Crippen LogP contribution in [0.3, 0.4) is 0 Å². The molecular weight excluding hydrogens is 294 g/mol. The molecule has 2 aromatic rings. The van der Waals surface area contributed by atoms with E-state index in [4.69, 9.17) is 5.73 Å². The van der Waals surface area contributed by atoms with Crippen LogP contribution >= 0.6 is 11.3 Å². The molecule has 0 radical (unpaired) electrons. The lowest BCUT2D eigenvalue weighted by Gasteiger charge is -2.03. The second kappa shape index (κ2) is 4.78. The van der Waals surface area contributed by atoms with Crippen LogP contribution in [0.1, 0.15) is 0 Å². The molecule has 0 aromatic carbocycles. The van der Waals surface area contributed by atoms with Crippen LogP contribution in [-0.2, 0) is 10.0 Å². The molecule has 0 saturated heterocycles. The molecule has 0 aliphatic heterocycles. The Morgan fingerprint density at radius 2 is 2.00 bits per heavy atom. The van der Waals surface area contributed by atoms with Gasteiger partial charge in [0, 0.05) is 6.07 Å². The summed E-state index contributed by atoms with van der Waals surface area (Å²) in [5, 5.41) is 10.4. The average Bonchev–Trinajstić information content (AvgIpc) is 2.73. The number of nitrogens with one attached hydrogen (secondary N) is 1. The third-order valence-electron chi connectivity index (χ3n) is 1.99. The first-order chi connectivity index (χ1) is 8.90. The summed E-state index contributed by atoms with van der Waals surface area (Å²) in [7, 11) is -3.94. The molecule has 11 heteroatoms. The van der Waals surface area contributed by atoms with E-state index in [1.807, 2.05) is 0 Å². The molecule has 2 aromatic heterocycles. The van der Waals surface area contributed by atoms with E-state index in [1.165, 1.54) is 18.7 Å². The van der Waals surface area contributed by atoms with Crippen molar-refractivity contribution < 1.29 is 13.3 Å². The van der Waals surface area contributed by atoms with Gasteiger partial charge in [-0.05, 0) is 0 Å². The van der Waals surface area contributed by atoms with Gasteiger partial charge in [0.25, 0.3) is 10.0 Å². The van der Waals surface area contributed by atoms with Crippen molar-refractivity contribution in [1.82, 2.24) is 9.97 Å². The van der Waals surface area contributed by atoms with Crippen molar-refractivity contribution in [3.05, 3.63) is 34.9 Å². The van der Waals surface area contributed by atoms with Crippen molar-refractivity contribution in [2.24, 2.45) is 0 Å². The zero-order valence-corrected chi connectivity index (χ0v) is 10.8. The number of nitro groups is 1. The Hall–Kier alpha value is -2.27. The fourth-order valence-corrected chi connectivity index (χ4v) is 3.45. The average molecular weight is 301 g/mol. The number of nitrogens with two attached hydrogens (primary N) is 1. The van der Waals surface area contributed by atoms with Crippen LogP contribution in [0.25, 0.3) is 0 Å². The molecular formula is C8H7N5O4S2. The molecule has 0 amide bonds. The Bertz CT molecular complexity index is 712. The van der Waals surface area contributed by atoms with Crippen LogP contribution in [-0.4, -0.2) is 23.3 Å². The monoisotopic (exact) mass is 301 g/mol. The van der Waals surface area contributed by atoms with Gasteiger partial charge in [-0.15, -0.1) is 0 Å². The van der Waals surface area contributed by atoms with Crippen molar-refractivity contribution in [2.45, 2.75) is 4.21 Å². The highest BCUT2D eigenvalue weighted by molar-refractivity contribution is 7.94. The number of hydrogen-bond donors (Lipinski definition) is 2. The molecule has 0 bridgehead atoms. The highest BCUT2D eigenvalue weighted by Gasteiger charge is 2.24. The third-order valence-corrected chi connectivity index (χ3v) is 4.80. The Balaban J connectivity index is 2.35. The zero-order valence-electron chi connectivity index (χ0n) is 9.18. The van der Waals surface area contributed by atoms with Gasteiger partial charge < -0.3 is 5.73 Å². The molecule has 0 spiro atoms. The number of nitrogens with zero attached hydrogens (tertiary/aromatic N) is 3. The van der Waals surface area contributed by atoms with E-state index >= 15 is 0 Å². The van der Waals surface area contributed by atoms with E-state index in [1.54, 1.807) is 0 Å². The van der Waals surface area contributed by atoms with Crippen molar-refractivity contribution in [3.8, 4) is 0 Å². The highest BCUT2D eigenvalue weighted by atomic mass is 32.2. The van der Waals surface area contributed by atoms with Crippen LogP contribution in [0.4, 0.5) is 16.4 Å². The van der Waals surface area contributed by atoms with Crippen LogP contribution in [0.2, 0.25) is 0 Å². The van der Waals surface area contributed by atoms with E-state index in [0.717, 1.165) is 6.07 Å². The second-order valence-corrected chi connectivity index (χ2v) is 6.30. The van der Waals surface area contributed by atoms with Crippen LogP contribution < -0.4 is 10.5 Å². The molecule has 2 rings (SSSR count). The Morgan fingerprint density at radius 1 is 1.37 bits per heavy atom. The van der Waals surface area contributed by atoms with Crippen molar-refractivity contribution in [2.75, 3.05) is 10.5 Å². The van der Waals surface area contributed by atoms with Crippen molar-refractivity contribution in [1.29, 1.82) is 0 Å². The molecule has 3 N–H and O–H groups in total. The topological polar surface area (TPSA) is 141 Å². The lowest BCUT2D eigenvalue weighted by molar-refractivity contribution is -0.383. The first kappa shape index (κ1) is 13.2. The van der Waals surface area contributed by atoms with Gasteiger partial charge in [0.1, 0.15) is 10.5 Å². The molecule has 0 unspecified atom stereocenters. The molecule has 0 aliphatic carbocycles. The molecule has 0 fully saturated rings. The number of sulfonamides is 1. The number of rotatable bonds is 4. The predicted molar refractivity (Wildman–Crippen MR) is 68.2 cm³/mol. The van der Waals surface area contributed by atoms with Gasteiger partial charge in [-0.3, -0.25) is 14.8 Å². The lowest BCUT2D eigenvalue weighted by atomic mass is 10.5. The molecule has 0 saturated carbocycles. The Morgan fingerprint density at radius 3 is 2.53 bits per heavy atom. The number of thiophene rings is 1. The van der Waals surface area contributed by atoms with Crippen molar-refractivity contribution >= 4 is 37.7 Å². The van der Waals surface area contributed by atoms with Crippen molar-refractivity contribution in [3.63, 3.8) is 0 Å². The smallest absolute Gasteiger partial charge is 0.304 e. The maximum Gasteiger partial charge on any atom is 0.304 e. The van der Waals surface area contributed by atoms with Gasteiger partial charge >= 0.3 is 5.69 Å². The molecule has 0 atom stereocenters. The van der Waals surface area contributed by atoms with Crippen LogP contribution in [0, 0.1) is 10.1 Å². The fraction of sp³-hybridized carbons (Fsp3) is 0. The molecule has 100 valence electrons. The van der Waals surface area contributed by atoms with Gasteiger partial charge in [-0.25, -0.2) is 18.4 Å². The zero-order chi connectivity index (χ0) is 14.0. The van der Waals surface area contributed by atoms with Crippen LogP contribution in [0.15, 0.2) is 29.0 Å². The van der Waals surface area contributed by atoms with E-state index < -0.39 is 20.6 Å². The maximum atomic E-state index is 12.0. The summed E-state index contributed by atoms with van der Waals surface area (Å²) >= 11 is 0.614. The largest absolute Gasteiger partial charge is 0.385 e. The third kappa shape index (κ3) is 2.77. The summed E-state index contributed by atoms with van der Waals surface area (Å²) < 4.78 is 25.9. The summed E-state index contributed by atoms with van der Waals surface area (Å²) in [5.74, 6) is 0. The molecule has 9 nitrogen and oxygen atoms in total. The quantitative estimate of drug-likeness (QED) is 0.629. The number of hydrogen-bond acceptors (Lipinski definition) is 8. The minimum absolute atomic E-state index is 0.150. The minimum Gasteiger partial charge on any atom is -0.385 e. The second-order valence-electron chi connectivity index (χ2n) is 3.30. The first-order valence-corrected chi connectivity index (χ1v) is 7.01. The molecule has 19 heavy (non-hydrogen) atoms. The van der Waals surface area contributed by atoms with Gasteiger partial charge in [-0.1, -0.05) is 11.3 Å². The summed E-state index contributed by atoms with van der Waals surface area (Å²) in [4.78, 5) is 17.2. The van der Waals surface area contributed by atoms with E-state index in [2.05, 4.69) is 14.7 Å². The number of nitrogen functional groups attached to an aromatic ring is 1. The Kier molecular flexibility index (Phi) is 3.31. The summed E-state index contributed by atoms with van der Waals surface area (Å²) in [5.41, 5.74) is 5.11. The highest BCUT2D eigenvalue weighted by Crippen LogP contribution is 2.34. The summed E-state index contributed by atoms with van der Waals surface area (Å²) in [6, 6.07) is 0.909. The van der Waals surface area contributed by atoms with E-state index in [0.29, 0.717) is 11.3 Å². The minimum atomic E-state index is -3.94. The van der Waals surface area contributed by atoms with E-state index in [-0.39, 0.29) is 14.9 Å². The van der Waals surface area contributed by atoms with Gasteiger partial charge in [-0.2, -0.15) is 0 Å². The maximum absolute atomic E-state index is 12.0. The lowest BCUT2D eigenvalue weighted by Crippen LogP contribution is -2.11. The molecule has 0 aliphatic rings. The SMILES string of the molecule is Nc1sc(S(=O)(=O)Nc2cncnc2)cc1[N+](=O)[O-]. The van der Waals surface area contributed by atoms with Crippen LogP contribution in [0.5, 0.6) is 0 Å². The predicted octanol–water partition coefficient (Wildman–Crippen LogP) is 0.829. The standard InChI is InChI=1S/C8H7N5O4S2/c9-8-6(13(14)15)1-7(18-8)19(16,17)12-5-2-10-4-11-3-5/h1-4,12H,9H2. The fourth-order valence-electron chi connectivity index (χ4n) is 1.21.